The summed E-state index contributed by atoms with van der Waals surface area (Å²) in [7, 11) is 1.27. The molecule has 1 aromatic carbocycles. The molecular weight excluding hydrogens is 216 g/mol. The maximum Gasteiger partial charge on any atom is 0.282 e. The van der Waals surface area contributed by atoms with Gasteiger partial charge >= 0.3 is 0 Å². The van der Waals surface area contributed by atoms with Gasteiger partial charge in [0, 0.05) is 0 Å². The Labute approximate surface area is 87.2 Å². The number of phenols is 1. The highest BCUT2D eigenvalue weighted by molar-refractivity contribution is 6.33. The number of phenolic OH excluding ortho intramolecular Hbond substituents is 1. The highest BCUT2D eigenvalue weighted by Crippen LogP contribution is 2.12. The maximum absolute atomic E-state index is 8.92. The molecule has 0 aliphatic carbocycles. The fourth-order valence-electron chi connectivity index (χ4n) is 0.681. The number of aryl methyl sites for hydroxylation is 1. The van der Waals surface area contributed by atoms with Gasteiger partial charge in [0.15, 0.2) is 0 Å². The first kappa shape index (κ1) is 12.6. The fraction of sp³-hybridized carbons (Fsp3) is 0.143. The first-order valence-corrected chi connectivity index (χ1v) is 6.73. The third-order valence-electron chi connectivity index (χ3n) is 1.35. The van der Waals surface area contributed by atoms with Crippen LogP contribution in [0.5, 0.6) is 5.75 Å². The lowest BCUT2D eigenvalue weighted by molar-refractivity contribution is 0.471. The normalized spacial score (nSPS) is 10.2. The fourth-order valence-corrected chi connectivity index (χ4v) is 3.75. The topological polar surface area (TPSA) is 38.7 Å². The van der Waals surface area contributed by atoms with Crippen LogP contribution in [-0.4, -0.2) is 36.1 Å². The lowest BCUT2D eigenvalue weighted by Gasteiger charge is -1.92. The Morgan fingerprint density at radius 2 is 1.77 bits per heavy atom. The summed E-state index contributed by atoms with van der Waals surface area (Å²) in [6.45, 7) is 1.87. The maximum atomic E-state index is 8.92. The van der Waals surface area contributed by atoms with E-state index in [1.807, 2.05) is 25.1 Å². The second-order valence-electron chi connectivity index (χ2n) is 2.48. The minimum absolute atomic E-state index is 0.368. The minimum Gasteiger partial charge on any atom is -0.508 e. The third-order valence-corrected chi connectivity index (χ3v) is 3.24. The highest BCUT2D eigenvalue weighted by Gasteiger charge is 1.86. The quantitative estimate of drug-likeness (QED) is 0.617. The van der Waals surface area contributed by atoms with Crippen molar-refractivity contribution >= 4 is 31.0 Å². The van der Waals surface area contributed by atoms with E-state index in [9.17, 15) is 0 Å². The van der Waals surface area contributed by atoms with Crippen LogP contribution >= 0.6 is 0 Å². The van der Waals surface area contributed by atoms with Crippen LogP contribution in [0.15, 0.2) is 24.3 Å². The van der Waals surface area contributed by atoms with Crippen molar-refractivity contribution in [3.05, 3.63) is 29.8 Å². The Kier molecular flexibility index (Phi) is 7.94. The molecule has 0 heterocycles. The SMILES string of the molecule is Cc1ccccc1O.[SiH3]O[SiH2]O[SiH3]. The molecule has 13 heavy (non-hydrogen) atoms. The van der Waals surface area contributed by atoms with E-state index in [1.54, 1.807) is 6.07 Å². The van der Waals surface area contributed by atoms with Crippen molar-refractivity contribution in [1.82, 2.24) is 0 Å². The molecule has 0 bridgehead atoms. The second-order valence-corrected chi connectivity index (χ2v) is 7.34. The second kappa shape index (κ2) is 8.20. The first-order valence-electron chi connectivity index (χ1n) is 3.94. The Hall–Kier alpha value is -0.409. The monoisotopic (exact) mass is 232 g/mol. The summed E-state index contributed by atoms with van der Waals surface area (Å²) in [5.74, 6) is 0.368. The number of hydrogen-bond acceptors (Lipinski definition) is 3. The van der Waals surface area contributed by atoms with Crippen molar-refractivity contribution < 1.29 is 13.3 Å². The molecule has 0 aliphatic heterocycles. The van der Waals surface area contributed by atoms with Crippen molar-refractivity contribution in [1.29, 1.82) is 0 Å². The van der Waals surface area contributed by atoms with Gasteiger partial charge in [0.1, 0.15) is 26.7 Å². The number of benzene rings is 1. The van der Waals surface area contributed by atoms with E-state index in [2.05, 4.69) is 0 Å². The Balaban J connectivity index is 0.000000252. The molecule has 0 saturated carbocycles. The van der Waals surface area contributed by atoms with E-state index in [0.717, 1.165) is 26.5 Å². The summed E-state index contributed by atoms with van der Waals surface area (Å²) < 4.78 is 9.56. The molecule has 3 nitrogen and oxygen atoms in total. The van der Waals surface area contributed by atoms with Crippen LogP contribution in [0.2, 0.25) is 0 Å². The highest BCUT2D eigenvalue weighted by atomic mass is 28.3. The molecule has 6 heteroatoms. The van der Waals surface area contributed by atoms with Gasteiger partial charge in [-0.2, -0.15) is 0 Å². The molecule has 0 spiro atoms. The number of hydrogen-bond donors (Lipinski definition) is 1. The van der Waals surface area contributed by atoms with E-state index in [0.29, 0.717) is 5.75 Å². The van der Waals surface area contributed by atoms with Gasteiger partial charge in [0.2, 0.25) is 0 Å². The summed E-state index contributed by atoms with van der Waals surface area (Å²) in [5.41, 5.74) is 0.924. The van der Waals surface area contributed by atoms with E-state index in [1.165, 1.54) is 0 Å². The molecule has 1 aromatic rings. The van der Waals surface area contributed by atoms with Crippen LogP contribution in [0.25, 0.3) is 0 Å². The van der Waals surface area contributed by atoms with Crippen LogP contribution in [0.4, 0.5) is 0 Å². The summed E-state index contributed by atoms with van der Waals surface area (Å²) >= 11 is 0. The van der Waals surface area contributed by atoms with Gasteiger partial charge in [-0.05, 0) is 18.6 Å². The van der Waals surface area contributed by atoms with Gasteiger partial charge in [-0.15, -0.1) is 0 Å². The zero-order valence-corrected chi connectivity index (χ0v) is 13.7. The lowest BCUT2D eigenvalue weighted by atomic mass is 10.2. The van der Waals surface area contributed by atoms with Crippen molar-refractivity contribution in [3.63, 3.8) is 0 Å². The molecule has 0 amide bonds. The first-order chi connectivity index (χ1) is 6.22. The Bertz CT molecular complexity index is 209. The minimum atomic E-state index is -0.444. The molecule has 0 saturated heterocycles. The number of para-hydroxylation sites is 1. The zero-order chi connectivity index (χ0) is 10.1. The molecule has 0 fully saturated rings. The van der Waals surface area contributed by atoms with Crippen molar-refractivity contribution in [3.8, 4) is 5.75 Å². The molecule has 0 unspecified atom stereocenters. The van der Waals surface area contributed by atoms with Gasteiger partial charge < -0.3 is 13.3 Å². The Morgan fingerprint density at radius 1 is 1.23 bits per heavy atom. The van der Waals surface area contributed by atoms with Gasteiger partial charge in [0.05, 0.1) is 0 Å². The van der Waals surface area contributed by atoms with Crippen molar-refractivity contribution in [2.24, 2.45) is 0 Å². The van der Waals surface area contributed by atoms with Gasteiger partial charge in [-0.25, -0.2) is 0 Å². The molecule has 0 aliphatic rings. The third kappa shape index (κ3) is 6.73. The molecule has 0 atom stereocenters. The van der Waals surface area contributed by atoms with Crippen molar-refractivity contribution in [2.45, 2.75) is 6.92 Å². The lowest BCUT2D eigenvalue weighted by Crippen LogP contribution is -1.96. The van der Waals surface area contributed by atoms with Gasteiger partial charge in [-0.3, -0.25) is 0 Å². The van der Waals surface area contributed by atoms with E-state index < -0.39 is 10.0 Å². The van der Waals surface area contributed by atoms with Crippen LogP contribution in [0.1, 0.15) is 5.56 Å². The van der Waals surface area contributed by atoms with Crippen LogP contribution in [0.3, 0.4) is 0 Å². The average Bonchev–Trinajstić information content (AvgIpc) is 2.13. The standard InChI is InChI=1S/C7H8O.H8O2Si3/c1-6-4-2-3-5-7(6)8;3-1-5-2-4/h2-5,8H,1H3;5H2,3-4H3. The smallest absolute Gasteiger partial charge is 0.282 e. The predicted molar refractivity (Wildman–Crippen MR) is 63.4 cm³/mol. The average molecular weight is 232 g/mol. The number of rotatable bonds is 2. The van der Waals surface area contributed by atoms with E-state index in [4.69, 9.17) is 13.3 Å². The molecular formula is C7H16O3Si3. The molecule has 0 aromatic heterocycles. The van der Waals surface area contributed by atoms with E-state index in [-0.39, 0.29) is 0 Å². The number of aromatic hydroxyl groups is 1. The molecule has 74 valence electrons. The predicted octanol–water partition coefficient (Wildman–Crippen LogP) is -1.72. The van der Waals surface area contributed by atoms with E-state index >= 15 is 0 Å². The molecule has 1 N–H and O–H groups in total. The Morgan fingerprint density at radius 3 is 2.00 bits per heavy atom. The van der Waals surface area contributed by atoms with Crippen molar-refractivity contribution in [2.75, 3.05) is 0 Å². The van der Waals surface area contributed by atoms with Crippen LogP contribution in [-0.2, 0) is 8.23 Å². The van der Waals surface area contributed by atoms with Crippen LogP contribution in [0, 0.1) is 6.92 Å². The summed E-state index contributed by atoms with van der Waals surface area (Å²) in [6.07, 6.45) is 0. The largest absolute Gasteiger partial charge is 0.508 e. The summed E-state index contributed by atoms with van der Waals surface area (Å²) in [5, 5.41) is 8.92. The van der Waals surface area contributed by atoms with Gasteiger partial charge in [-0.1, -0.05) is 18.2 Å². The van der Waals surface area contributed by atoms with Crippen LogP contribution < -0.4 is 0 Å². The zero-order valence-electron chi connectivity index (χ0n) is 8.28. The van der Waals surface area contributed by atoms with Gasteiger partial charge in [0.25, 0.3) is 10.0 Å². The summed E-state index contributed by atoms with van der Waals surface area (Å²) in [4.78, 5) is 0. The summed E-state index contributed by atoms with van der Waals surface area (Å²) in [6, 6.07) is 7.25. The molecule has 0 radical (unpaired) electrons. The molecule has 1 rings (SSSR count).